The number of methoxy groups -OCH3 is 1. The summed E-state index contributed by atoms with van der Waals surface area (Å²) in [6.45, 7) is 2.51. The molecule has 0 N–H and O–H groups in total. The minimum atomic E-state index is -0.476. The summed E-state index contributed by atoms with van der Waals surface area (Å²) in [5, 5.41) is 3.96. The maximum absolute atomic E-state index is 11.8. The van der Waals surface area contributed by atoms with Gasteiger partial charge in [0.1, 0.15) is 6.61 Å². The number of esters is 2. The average Bonchev–Trinajstić information content (AvgIpc) is 2.97. The monoisotopic (exact) mass is 312 g/mol. The Balaban J connectivity index is 2.61. The molecule has 6 heteroatoms. The Bertz CT molecular complexity index is 464. The van der Waals surface area contributed by atoms with Crippen molar-refractivity contribution >= 4 is 23.3 Å². The summed E-state index contributed by atoms with van der Waals surface area (Å²) in [6, 6.07) is 1.97. The Kier molecular flexibility index (Phi) is 8.38. The van der Waals surface area contributed by atoms with Crippen LogP contribution in [0.25, 0.3) is 0 Å². The topological polar surface area (TPSA) is 61.8 Å². The standard InChI is InChI=1S/C15H20O5S/c1-3-19-15(17)13(5-4-12-6-9-21-11-12)10-14(16)20-8-7-18-2/h5-6,9,11H,3-4,7-8,10H2,1-2H3/b13-5-. The maximum atomic E-state index is 11.8. The van der Waals surface area contributed by atoms with E-state index in [1.165, 1.54) is 7.11 Å². The molecular weight excluding hydrogens is 292 g/mol. The summed E-state index contributed by atoms with van der Waals surface area (Å²) in [4.78, 5) is 23.5. The van der Waals surface area contributed by atoms with Crippen LogP contribution in [0, 0.1) is 0 Å². The number of thiophene rings is 1. The fraction of sp³-hybridized carbons (Fsp3) is 0.467. The third-order valence-electron chi connectivity index (χ3n) is 2.59. The van der Waals surface area contributed by atoms with Gasteiger partial charge in [-0.25, -0.2) is 4.79 Å². The number of hydrogen-bond donors (Lipinski definition) is 0. The fourth-order valence-electron chi connectivity index (χ4n) is 1.55. The zero-order valence-electron chi connectivity index (χ0n) is 12.3. The summed E-state index contributed by atoms with van der Waals surface area (Å²) in [7, 11) is 1.53. The molecule has 0 fully saturated rings. The van der Waals surface area contributed by atoms with Gasteiger partial charge in [0.15, 0.2) is 0 Å². The van der Waals surface area contributed by atoms with Gasteiger partial charge in [-0.15, -0.1) is 0 Å². The lowest BCUT2D eigenvalue weighted by Gasteiger charge is -2.07. The van der Waals surface area contributed by atoms with Gasteiger partial charge < -0.3 is 14.2 Å². The van der Waals surface area contributed by atoms with Gasteiger partial charge in [-0.2, -0.15) is 11.3 Å². The minimum absolute atomic E-state index is 0.0906. The van der Waals surface area contributed by atoms with Crippen molar-refractivity contribution in [1.82, 2.24) is 0 Å². The van der Waals surface area contributed by atoms with Gasteiger partial charge in [0.05, 0.1) is 19.6 Å². The molecule has 0 atom stereocenters. The average molecular weight is 312 g/mol. The fourth-order valence-corrected chi connectivity index (χ4v) is 2.23. The number of rotatable bonds is 9. The third kappa shape index (κ3) is 7.06. The van der Waals surface area contributed by atoms with Crippen molar-refractivity contribution in [2.24, 2.45) is 0 Å². The first-order valence-corrected chi connectivity index (χ1v) is 7.63. The van der Waals surface area contributed by atoms with Crippen LogP contribution in [0.15, 0.2) is 28.5 Å². The second-order valence-corrected chi connectivity index (χ2v) is 4.96. The normalized spacial score (nSPS) is 11.2. The van der Waals surface area contributed by atoms with E-state index in [9.17, 15) is 9.59 Å². The molecule has 0 aromatic carbocycles. The van der Waals surface area contributed by atoms with Crippen molar-refractivity contribution in [2.75, 3.05) is 26.9 Å². The lowest BCUT2D eigenvalue weighted by Crippen LogP contribution is -2.15. The molecule has 0 aliphatic rings. The maximum Gasteiger partial charge on any atom is 0.334 e. The quantitative estimate of drug-likeness (QED) is 0.398. The highest BCUT2D eigenvalue weighted by Crippen LogP contribution is 2.12. The van der Waals surface area contributed by atoms with E-state index in [0.29, 0.717) is 18.6 Å². The van der Waals surface area contributed by atoms with Crippen molar-refractivity contribution in [3.8, 4) is 0 Å². The summed E-state index contributed by atoms with van der Waals surface area (Å²) in [6.07, 6.45) is 2.22. The number of carbonyl (C=O) groups excluding carboxylic acids is 2. The molecule has 0 spiro atoms. The van der Waals surface area contributed by atoms with E-state index in [1.807, 2.05) is 16.8 Å². The molecule has 1 aromatic rings. The molecule has 1 heterocycles. The van der Waals surface area contributed by atoms with Crippen LogP contribution in [-0.4, -0.2) is 38.9 Å². The molecular formula is C15H20O5S. The number of allylic oxidation sites excluding steroid dienone is 1. The first-order valence-electron chi connectivity index (χ1n) is 6.69. The molecule has 1 aromatic heterocycles. The van der Waals surface area contributed by atoms with Crippen LogP contribution in [0.5, 0.6) is 0 Å². The Labute approximate surface area is 128 Å². The molecule has 0 saturated heterocycles. The Morgan fingerprint density at radius 2 is 2.10 bits per heavy atom. The van der Waals surface area contributed by atoms with Crippen LogP contribution < -0.4 is 0 Å². The van der Waals surface area contributed by atoms with E-state index in [2.05, 4.69) is 0 Å². The molecule has 5 nitrogen and oxygen atoms in total. The first kappa shape index (κ1) is 17.4. The summed E-state index contributed by atoms with van der Waals surface area (Å²) in [5.74, 6) is -0.937. The van der Waals surface area contributed by atoms with Crippen LogP contribution >= 0.6 is 11.3 Å². The van der Waals surface area contributed by atoms with Crippen molar-refractivity contribution in [3.63, 3.8) is 0 Å². The molecule has 21 heavy (non-hydrogen) atoms. The van der Waals surface area contributed by atoms with Gasteiger partial charge in [-0.3, -0.25) is 4.79 Å². The van der Waals surface area contributed by atoms with Crippen molar-refractivity contribution in [2.45, 2.75) is 19.8 Å². The smallest absolute Gasteiger partial charge is 0.334 e. The first-order chi connectivity index (χ1) is 10.2. The van der Waals surface area contributed by atoms with Gasteiger partial charge in [0.2, 0.25) is 0 Å². The van der Waals surface area contributed by atoms with Crippen LogP contribution in [0.1, 0.15) is 18.9 Å². The van der Waals surface area contributed by atoms with E-state index in [0.717, 1.165) is 5.56 Å². The van der Waals surface area contributed by atoms with Gasteiger partial charge in [0.25, 0.3) is 0 Å². The summed E-state index contributed by atoms with van der Waals surface area (Å²) < 4.78 is 14.7. The van der Waals surface area contributed by atoms with E-state index < -0.39 is 11.9 Å². The molecule has 0 bridgehead atoms. The SMILES string of the molecule is CCOC(=O)/C(=C\Cc1ccsc1)CC(=O)OCCOC. The van der Waals surface area contributed by atoms with E-state index in [1.54, 1.807) is 24.3 Å². The van der Waals surface area contributed by atoms with Gasteiger partial charge in [0, 0.05) is 12.7 Å². The predicted molar refractivity (Wildman–Crippen MR) is 80.2 cm³/mol. The van der Waals surface area contributed by atoms with Gasteiger partial charge in [-0.1, -0.05) is 6.08 Å². The Morgan fingerprint density at radius 1 is 1.29 bits per heavy atom. The number of ether oxygens (including phenoxy) is 3. The molecule has 0 amide bonds. The van der Waals surface area contributed by atoms with E-state index in [4.69, 9.17) is 14.2 Å². The van der Waals surface area contributed by atoms with Gasteiger partial charge in [-0.05, 0) is 35.7 Å². The molecule has 0 unspecified atom stereocenters. The van der Waals surface area contributed by atoms with Gasteiger partial charge >= 0.3 is 11.9 Å². The van der Waals surface area contributed by atoms with Crippen LogP contribution in [0.3, 0.4) is 0 Å². The molecule has 116 valence electrons. The van der Waals surface area contributed by atoms with E-state index >= 15 is 0 Å². The molecule has 1 rings (SSSR count). The largest absolute Gasteiger partial charge is 0.463 e. The predicted octanol–water partition coefficient (Wildman–Crippen LogP) is 2.36. The lowest BCUT2D eigenvalue weighted by atomic mass is 10.1. The third-order valence-corrected chi connectivity index (χ3v) is 3.32. The highest BCUT2D eigenvalue weighted by atomic mass is 32.1. The Morgan fingerprint density at radius 3 is 2.71 bits per heavy atom. The summed E-state index contributed by atoms with van der Waals surface area (Å²) in [5.41, 5.74) is 1.42. The van der Waals surface area contributed by atoms with Crippen LogP contribution in [0.2, 0.25) is 0 Å². The molecule has 0 aliphatic heterocycles. The minimum Gasteiger partial charge on any atom is -0.463 e. The lowest BCUT2D eigenvalue weighted by molar-refractivity contribution is -0.147. The van der Waals surface area contributed by atoms with E-state index in [-0.39, 0.29) is 19.6 Å². The number of hydrogen-bond acceptors (Lipinski definition) is 6. The van der Waals surface area contributed by atoms with Crippen molar-refractivity contribution < 1.29 is 23.8 Å². The van der Waals surface area contributed by atoms with Crippen LogP contribution in [0.4, 0.5) is 0 Å². The van der Waals surface area contributed by atoms with Crippen molar-refractivity contribution in [3.05, 3.63) is 34.0 Å². The second kappa shape index (κ2) is 10.1. The zero-order chi connectivity index (χ0) is 15.5. The highest BCUT2D eigenvalue weighted by molar-refractivity contribution is 7.07. The highest BCUT2D eigenvalue weighted by Gasteiger charge is 2.16. The molecule has 0 saturated carbocycles. The van der Waals surface area contributed by atoms with Crippen LogP contribution in [-0.2, 0) is 30.2 Å². The zero-order valence-corrected chi connectivity index (χ0v) is 13.1. The number of carbonyl (C=O) groups is 2. The summed E-state index contributed by atoms with van der Waals surface area (Å²) >= 11 is 1.59. The molecule has 0 aliphatic carbocycles. The van der Waals surface area contributed by atoms with Crippen molar-refractivity contribution in [1.29, 1.82) is 0 Å². The molecule has 0 radical (unpaired) electrons. The second-order valence-electron chi connectivity index (χ2n) is 4.18. The Hall–Kier alpha value is -1.66.